The fraction of sp³-hybridized carbons (Fsp3) is 0. The van der Waals surface area contributed by atoms with Crippen LogP contribution >= 0.6 is 11.3 Å². The van der Waals surface area contributed by atoms with E-state index in [1.54, 1.807) is 23.7 Å². The van der Waals surface area contributed by atoms with E-state index in [0.29, 0.717) is 0 Å². The molecule has 3 rings (SSSR count). The highest BCUT2D eigenvalue weighted by Gasteiger charge is 2.03. The molecule has 0 saturated carbocycles. The minimum Gasteiger partial charge on any atom is -0.274 e. The molecule has 0 atom stereocenters. The van der Waals surface area contributed by atoms with Crippen LogP contribution in [0.15, 0.2) is 24.5 Å². The number of hydrogen-bond acceptors (Lipinski definition) is 3. The zero-order valence-corrected chi connectivity index (χ0v) is 6.88. The van der Waals surface area contributed by atoms with Crippen molar-refractivity contribution in [2.24, 2.45) is 0 Å². The third kappa shape index (κ3) is 0.648. The van der Waals surface area contributed by atoms with Crippen molar-refractivity contribution < 1.29 is 0 Å². The highest BCUT2D eigenvalue weighted by molar-refractivity contribution is 7.23. The summed E-state index contributed by atoms with van der Waals surface area (Å²) < 4.78 is 3.11. The molecule has 0 aliphatic heterocycles. The predicted molar refractivity (Wildman–Crippen MR) is 47.2 cm³/mol. The Balaban J connectivity index is 2.68. The minimum absolute atomic E-state index is 0.948. The monoisotopic (exact) mass is 174 g/mol. The van der Waals surface area contributed by atoms with Gasteiger partial charge in [-0.25, -0.2) is 9.97 Å². The number of rotatable bonds is 0. The lowest BCUT2D eigenvalue weighted by molar-refractivity contribution is 1.22. The van der Waals surface area contributed by atoms with Crippen LogP contribution in [0.3, 0.4) is 0 Å². The average molecular weight is 174 g/mol. The highest BCUT2D eigenvalue weighted by Crippen LogP contribution is 2.22. The van der Waals surface area contributed by atoms with Gasteiger partial charge in [0, 0.05) is 12.4 Å². The molecular formula is C8H4N3S. The summed E-state index contributed by atoms with van der Waals surface area (Å²) in [6.07, 6.45) is 6.39. The summed E-state index contributed by atoms with van der Waals surface area (Å²) >= 11 is 1.63. The first-order valence-corrected chi connectivity index (χ1v) is 4.35. The van der Waals surface area contributed by atoms with Crippen LogP contribution in [0.5, 0.6) is 0 Å². The van der Waals surface area contributed by atoms with Gasteiger partial charge >= 0.3 is 0 Å². The van der Waals surface area contributed by atoms with Gasteiger partial charge in [-0.15, -0.1) is 0 Å². The number of fused-ring (bicyclic) bond motifs is 3. The number of aromatic nitrogens is 3. The third-order valence-corrected chi connectivity index (χ3v) is 2.74. The van der Waals surface area contributed by atoms with Crippen molar-refractivity contribution >= 4 is 26.6 Å². The maximum absolute atomic E-state index is 4.25. The van der Waals surface area contributed by atoms with E-state index in [-0.39, 0.29) is 0 Å². The molecule has 0 spiro atoms. The standard InChI is InChI=1S/C8H4N3S/c1-2-6-7(9-3-1)11-5-4-10-8(11)12-6/h1-3,5H. The Kier molecular flexibility index (Phi) is 1.04. The molecule has 3 aromatic rings. The fourth-order valence-electron chi connectivity index (χ4n) is 1.22. The molecule has 57 valence electrons. The van der Waals surface area contributed by atoms with Gasteiger partial charge in [0.2, 0.25) is 0 Å². The summed E-state index contributed by atoms with van der Waals surface area (Å²) in [6.45, 7) is 0. The van der Waals surface area contributed by atoms with E-state index < -0.39 is 0 Å². The molecule has 0 unspecified atom stereocenters. The molecule has 0 amide bonds. The van der Waals surface area contributed by atoms with Gasteiger partial charge < -0.3 is 0 Å². The fourth-order valence-corrected chi connectivity index (χ4v) is 2.14. The molecule has 4 heteroatoms. The van der Waals surface area contributed by atoms with Gasteiger partial charge in [-0.3, -0.25) is 4.40 Å². The molecular weight excluding hydrogens is 170 g/mol. The highest BCUT2D eigenvalue weighted by atomic mass is 32.1. The first-order valence-electron chi connectivity index (χ1n) is 3.54. The zero-order valence-electron chi connectivity index (χ0n) is 6.06. The van der Waals surface area contributed by atoms with Gasteiger partial charge in [0.05, 0.1) is 4.70 Å². The molecule has 12 heavy (non-hydrogen) atoms. The van der Waals surface area contributed by atoms with Gasteiger partial charge in [0.15, 0.2) is 10.6 Å². The molecule has 0 bridgehead atoms. The topological polar surface area (TPSA) is 30.2 Å². The van der Waals surface area contributed by atoms with Gasteiger partial charge in [0.1, 0.15) is 6.20 Å². The van der Waals surface area contributed by atoms with Crippen LogP contribution in [-0.4, -0.2) is 14.4 Å². The summed E-state index contributed by atoms with van der Waals surface area (Å²) in [5, 5.41) is 0. The first kappa shape index (κ1) is 6.14. The molecule has 0 aliphatic carbocycles. The Hall–Kier alpha value is -1.42. The molecule has 3 aromatic heterocycles. The Bertz CT molecular complexity index is 536. The predicted octanol–water partition coefficient (Wildman–Crippen LogP) is 1.74. The first-order chi connectivity index (χ1) is 5.95. The van der Waals surface area contributed by atoms with E-state index in [1.165, 1.54) is 0 Å². The van der Waals surface area contributed by atoms with Crippen molar-refractivity contribution in [3.63, 3.8) is 0 Å². The van der Waals surface area contributed by atoms with Crippen LogP contribution in [0.25, 0.3) is 15.3 Å². The van der Waals surface area contributed by atoms with E-state index >= 15 is 0 Å². The summed E-state index contributed by atoms with van der Waals surface area (Å²) in [6, 6.07) is 3.98. The lowest BCUT2D eigenvalue weighted by atomic mass is 10.5. The van der Waals surface area contributed by atoms with Crippen LogP contribution < -0.4 is 0 Å². The summed E-state index contributed by atoms with van der Waals surface area (Å²) in [4.78, 5) is 9.28. The van der Waals surface area contributed by atoms with Crippen LogP contribution in [0.4, 0.5) is 0 Å². The lowest BCUT2D eigenvalue weighted by Crippen LogP contribution is -1.79. The Morgan fingerprint density at radius 1 is 1.50 bits per heavy atom. The Labute approximate surface area is 72.3 Å². The van der Waals surface area contributed by atoms with E-state index in [9.17, 15) is 0 Å². The Morgan fingerprint density at radius 3 is 3.50 bits per heavy atom. The zero-order chi connectivity index (χ0) is 7.97. The number of thiazole rings is 1. The van der Waals surface area contributed by atoms with E-state index in [0.717, 1.165) is 15.3 Å². The van der Waals surface area contributed by atoms with Crippen LogP contribution in [0, 0.1) is 6.20 Å². The van der Waals surface area contributed by atoms with Crippen molar-refractivity contribution in [3.05, 3.63) is 30.7 Å². The molecule has 0 aliphatic rings. The molecule has 3 nitrogen and oxygen atoms in total. The van der Waals surface area contributed by atoms with Gasteiger partial charge in [0.25, 0.3) is 0 Å². The lowest BCUT2D eigenvalue weighted by Gasteiger charge is -1.85. The van der Waals surface area contributed by atoms with Crippen molar-refractivity contribution in [2.75, 3.05) is 0 Å². The number of hydrogen-bond donors (Lipinski definition) is 0. The average Bonchev–Trinajstić information content (AvgIpc) is 2.62. The molecule has 3 heterocycles. The maximum Gasteiger partial charge on any atom is 0.196 e. The second-order valence-electron chi connectivity index (χ2n) is 2.45. The minimum atomic E-state index is 0.948. The smallest absolute Gasteiger partial charge is 0.196 e. The number of nitrogens with zero attached hydrogens (tertiary/aromatic N) is 3. The van der Waals surface area contributed by atoms with E-state index in [2.05, 4.69) is 16.2 Å². The number of imidazole rings is 1. The largest absolute Gasteiger partial charge is 0.274 e. The van der Waals surface area contributed by atoms with Crippen molar-refractivity contribution in [1.29, 1.82) is 0 Å². The SMILES string of the molecule is [c]1cn2c(n1)sc1cccnc12. The van der Waals surface area contributed by atoms with Gasteiger partial charge in [-0.2, -0.15) is 0 Å². The maximum atomic E-state index is 4.25. The molecule has 0 N–H and O–H groups in total. The molecule has 0 fully saturated rings. The molecule has 1 radical (unpaired) electrons. The van der Waals surface area contributed by atoms with Crippen molar-refractivity contribution in [1.82, 2.24) is 14.4 Å². The van der Waals surface area contributed by atoms with Crippen LogP contribution in [0.2, 0.25) is 0 Å². The van der Waals surface area contributed by atoms with E-state index in [4.69, 9.17) is 0 Å². The Morgan fingerprint density at radius 2 is 2.50 bits per heavy atom. The summed E-state index contributed by atoms with van der Waals surface area (Å²) in [7, 11) is 0. The third-order valence-electron chi connectivity index (χ3n) is 1.73. The number of pyridine rings is 1. The molecule has 0 saturated heterocycles. The molecule has 0 aromatic carbocycles. The summed E-state index contributed by atoms with van der Waals surface area (Å²) in [5.74, 6) is 0. The second-order valence-corrected chi connectivity index (χ2v) is 3.46. The van der Waals surface area contributed by atoms with Crippen molar-refractivity contribution in [2.45, 2.75) is 0 Å². The van der Waals surface area contributed by atoms with Crippen LogP contribution in [-0.2, 0) is 0 Å². The van der Waals surface area contributed by atoms with Crippen molar-refractivity contribution in [3.8, 4) is 0 Å². The van der Waals surface area contributed by atoms with Crippen LogP contribution in [0.1, 0.15) is 0 Å². The second kappa shape index (κ2) is 2.04. The van der Waals surface area contributed by atoms with Gasteiger partial charge in [-0.1, -0.05) is 11.3 Å². The summed E-state index contributed by atoms with van der Waals surface area (Å²) in [5.41, 5.74) is 0.964. The normalized spacial score (nSPS) is 11.3. The quantitative estimate of drug-likeness (QED) is 0.519. The van der Waals surface area contributed by atoms with Gasteiger partial charge in [-0.05, 0) is 12.1 Å². The van der Waals surface area contributed by atoms with E-state index in [1.807, 2.05) is 16.5 Å².